The first-order chi connectivity index (χ1) is 21.7. The monoisotopic (exact) mass is 682 g/mol. The minimum absolute atomic E-state index is 0.0632. The lowest BCUT2D eigenvalue weighted by Gasteiger charge is -2.25. The third kappa shape index (κ3) is 12.9. The topological polar surface area (TPSA) is 157 Å². The second-order valence-corrected chi connectivity index (χ2v) is 12.2. The summed E-state index contributed by atoms with van der Waals surface area (Å²) >= 11 is 7.07. The van der Waals surface area contributed by atoms with Gasteiger partial charge < -0.3 is 30.0 Å². The Morgan fingerprint density at radius 3 is 2.35 bits per heavy atom. The number of nitrogens with one attached hydrogen (secondary N) is 2. The summed E-state index contributed by atoms with van der Waals surface area (Å²) in [5, 5.41) is 14.7. The predicted octanol–water partition coefficient (Wildman–Crippen LogP) is 4.35. The van der Waals surface area contributed by atoms with E-state index in [1.165, 1.54) is 18.2 Å². The molecule has 11 nitrogen and oxygen atoms in total. The first kappa shape index (κ1) is 38.3. The third-order valence-corrected chi connectivity index (χ3v) is 7.64. The molecular weight excluding hydrogens is 643 g/mol. The molecule has 3 N–H and O–H groups in total. The van der Waals surface area contributed by atoms with Crippen LogP contribution in [0.2, 0.25) is 5.02 Å². The van der Waals surface area contributed by atoms with Crippen molar-refractivity contribution in [3.63, 3.8) is 0 Å². The number of carboxylic acid groups (broad SMARTS) is 1. The van der Waals surface area contributed by atoms with E-state index in [-0.39, 0.29) is 41.2 Å². The number of aliphatic carboxylic acids is 1. The summed E-state index contributed by atoms with van der Waals surface area (Å²) in [6.07, 6.45) is -1.20. The van der Waals surface area contributed by atoms with E-state index in [4.69, 9.17) is 25.8 Å². The van der Waals surface area contributed by atoms with Crippen LogP contribution >= 0.6 is 23.4 Å². The fraction of sp³-hybridized carbons (Fsp3) is 0.469. The van der Waals surface area contributed by atoms with Crippen molar-refractivity contribution >= 4 is 52.9 Å². The molecule has 0 bridgehead atoms. The Morgan fingerprint density at radius 2 is 1.74 bits per heavy atom. The molecule has 1 unspecified atom stereocenters. The number of carbonyl (C=O) groups excluding carboxylic acids is 4. The molecule has 0 saturated carbocycles. The fourth-order valence-corrected chi connectivity index (χ4v) is 5.47. The molecule has 0 heterocycles. The van der Waals surface area contributed by atoms with E-state index >= 15 is 0 Å². The largest absolute Gasteiger partial charge is 0.494 e. The Balaban J connectivity index is 2.10. The highest BCUT2D eigenvalue weighted by molar-refractivity contribution is 7.99. The van der Waals surface area contributed by atoms with Gasteiger partial charge in [0.25, 0.3) is 0 Å². The normalized spacial score (nSPS) is 12.3. The summed E-state index contributed by atoms with van der Waals surface area (Å²) in [7, 11) is 0. The van der Waals surface area contributed by atoms with Crippen molar-refractivity contribution < 1.29 is 47.7 Å². The molecule has 0 fully saturated rings. The van der Waals surface area contributed by atoms with Gasteiger partial charge in [0.1, 0.15) is 23.4 Å². The lowest BCUT2D eigenvalue weighted by atomic mass is 10.0. The van der Waals surface area contributed by atoms with Gasteiger partial charge in [-0.2, -0.15) is 0 Å². The SMILES string of the molecule is CCOc1ccc(OCC(=O)OC(C)C)cc1CC(=O)N[C@H](C(=O)NC(CC(=O)O)C(=O)CSCc1c(F)cccc1Cl)C(C)C. The lowest BCUT2D eigenvalue weighted by molar-refractivity contribution is -0.149. The van der Waals surface area contributed by atoms with Crippen LogP contribution in [0, 0.1) is 11.7 Å². The molecule has 0 spiro atoms. The quantitative estimate of drug-likeness (QED) is 0.182. The van der Waals surface area contributed by atoms with E-state index < -0.39 is 59.8 Å². The number of hydrogen-bond donors (Lipinski definition) is 3. The van der Waals surface area contributed by atoms with Gasteiger partial charge in [0.15, 0.2) is 12.4 Å². The highest BCUT2D eigenvalue weighted by atomic mass is 35.5. The summed E-state index contributed by atoms with van der Waals surface area (Å²) in [5.74, 6) is -4.15. The van der Waals surface area contributed by atoms with Crippen molar-refractivity contribution in [2.24, 2.45) is 5.92 Å². The molecule has 14 heteroatoms. The molecule has 2 aromatic carbocycles. The fourth-order valence-electron chi connectivity index (χ4n) is 4.16. The van der Waals surface area contributed by atoms with Gasteiger partial charge >= 0.3 is 11.9 Å². The molecule has 0 aliphatic rings. The molecule has 2 amide bonds. The zero-order valence-electron chi connectivity index (χ0n) is 26.4. The number of rotatable bonds is 19. The van der Waals surface area contributed by atoms with Crippen LogP contribution in [0.25, 0.3) is 0 Å². The Morgan fingerprint density at radius 1 is 1.02 bits per heavy atom. The van der Waals surface area contributed by atoms with Crippen molar-refractivity contribution in [3.05, 3.63) is 58.4 Å². The van der Waals surface area contributed by atoms with E-state index in [1.807, 2.05) is 0 Å². The first-order valence-corrected chi connectivity index (χ1v) is 16.2. The average Bonchev–Trinajstić information content (AvgIpc) is 2.96. The maximum atomic E-state index is 14.1. The highest BCUT2D eigenvalue weighted by Gasteiger charge is 2.30. The van der Waals surface area contributed by atoms with Gasteiger partial charge in [0.05, 0.1) is 37.3 Å². The molecule has 0 radical (unpaired) electrons. The third-order valence-electron chi connectivity index (χ3n) is 6.31. The second kappa shape index (κ2) is 19.0. The number of thioether (sulfide) groups is 1. The van der Waals surface area contributed by atoms with Crippen LogP contribution < -0.4 is 20.1 Å². The molecule has 0 aliphatic heterocycles. The van der Waals surface area contributed by atoms with Crippen molar-refractivity contribution in [3.8, 4) is 11.5 Å². The van der Waals surface area contributed by atoms with E-state index in [0.717, 1.165) is 11.8 Å². The molecule has 46 heavy (non-hydrogen) atoms. The van der Waals surface area contributed by atoms with Crippen LogP contribution in [0.4, 0.5) is 4.39 Å². The lowest BCUT2D eigenvalue weighted by Crippen LogP contribution is -2.54. The molecule has 0 aliphatic carbocycles. The molecule has 0 saturated heterocycles. The van der Waals surface area contributed by atoms with Crippen molar-refractivity contribution in [1.82, 2.24) is 10.6 Å². The average molecular weight is 683 g/mol. The number of Topliss-reactive ketones (excluding diaryl/α,β-unsaturated/α-hetero) is 1. The maximum absolute atomic E-state index is 14.1. The van der Waals surface area contributed by atoms with Crippen LogP contribution in [-0.4, -0.2) is 71.8 Å². The number of carbonyl (C=O) groups is 5. The number of hydrogen-bond acceptors (Lipinski definition) is 9. The molecule has 2 aromatic rings. The van der Waals surface area contributed by atoms with Gasteiger partial charge in [-0.15, -0.1) is 11.8 Å². The minimum Gasteiger partial charge on any atom is -0.494 e. The van der Waals surface area contributed by atoms with Gasteiger partial charge in [-0.3, -0.25) is 19.2 Å². The molecule has 2 rings (SSSR count). The molecule has 0 aromatic heterocycles. The summed E-state index contributed by atoms with van der Waals surface area (Å²) in [6.45, 7) is 8.55. The van der Waals surface area contributed by atoms with Gasteiger partial charge in [0.2, 0.25) is 11.8 Å². The Kier molecular flexibility index (Phi) is 15.8. The summed E-state index contributed by atoms with van der Waals surface area (Å²) in [6, 6.07) is 6.46. The molecule has 2 atom stereocenters. The Bertz CT molecular complexity index is 1370. The van der Waals surface area contributed by atoms with Gasteiger partial charge in [0, 0.05) is 21.9 Å². The number of ketones is 1. The number of amides is 2. The van der Waals surface area contributed by atoms with Gasteiger partial charge in [-0.05, 0) is 57.0 Å². The smallest absolute Gasteiger partial charge is 0.344 e. The number of carboxylic acids is 1. The molecule has 252 valence electrons. The van der Waals surface area contributed by atoms with E-state index in [9.17, 15) is 33.5 Å². The van der Waals surface area contributed by atoms with Gasteiger partial charge in [-0.25, -0.2) is 9.18 Å². The van der Waals surface area contributed by atoms with Gasteiger partial charge in [-0.1, -0.05) is 31.5 Å². The van der Waals surface area contributed by atoms with E-state index in [1.54, 1.807) is 52.8 Å². The predicted molar refractivity (Wildman–Crippen MR) is 172 cm³/mol. The van der Waals surface area contributed by atoms with Crippen LogP contribution in [0.5, 0.6) is 11.5 Å². The van der Waals surface area contributed by atoms with Crippen molar-refractivity contribution in [2.45, 2.75) is 71.4 Å². The second-order valence-electron chi connectivity index (χ2n) is 10.8. The summed E-state index contributed by atoms with van der Waals surface area (Å²) < 4.78 is 30.3. The van der Waals surface area contributed by atoms with Crippen LogP contribution in [-0.2, 0) is 40.9 Å². The number of halogens is 2. The van der Waals surface area contributed by atoms with Crippen LogP contribution in [0.1, 0.15) is 52.2 Å². The molecular formula is C32H40ClFN2O9S. The number of esters is 1. The standard InChI is InChI=1S/C32H40ClFN2O9S/c1-6-43-27-11-10-21(44-15-30(41)45-19(4)5)12-20(27)13-28(38)36-31(18(2)3)32(42)35-25(14-29(39)40)26(37)17-46-16-22-23(33)8-7-9-24(22)34/h7-12,18-19,25,31H,6,13-17H2,1-5H3,(H,35,42)(H,36,38)(H,39,40)/t25?,31-/m0/s1. The zero-order valence-corrected chi connectivity index (χ0v) is 28.0. The Labute approximate surface area is 276 Å². The van der Waals surface area contributed by atoms with E-state index in [0.29, 0.717) is 23.7 Å². The summed E-state index contributed by atoms with van der Waals surface area (Å²) in [5.41, 5.74) is 0.643. The zero-order chi connectivity index (χ0) is 34.4. The van der Waals surface area contributed by atoms with Crippen LogP contribution in [0.15, 0.2) is 36.4 Å². The van der Waals surface area contributed by atoms with E-state index in [2.05, 4.69) is 10.6 Å². The highest BCUT2D eigenvalue weighted by Crippen LogP contribution is 2.26. The maximum Gasteiger partial charge on any atom is 0.344 e. The van der Waals surface area contributed by atoms with Crippen molar-refractivity contribution in [1.29, 1.82) is 0 Å². The van der Waals surface area contributed by atoms with Crippen LogP contribution in [0.3, 0.4) is 0 Å². The Hall–Kier alpha value is -3.84. The summed E-state index contributed by atoms with van der Waals surface area (Å²) in [4.78, 5) is 62.7. The first-order valence-electron chi connectivity index (χ1n) is 14.6. The number of benzene rings is 2. The number of ether oxygens (including phenoxy) is 3. The van der Waals surface area contributed by atoms with Crippen molar-refractivity contribution in [2.75, 3.05) is 19.0 Å². The minimum atomic E-state index is -1.38.